The van der Waals surface area contributed by atoms with Gasteiger partial charge in [-0.05, 0) is 38.3 Å². The van der Waals surface area contributed by atoms with Crippen LogP contribution >= 0.6 is 0 Å². The molecule has 0 fully saturated rings. The van der Waals surface area contributed by atoms with Gasteiger partial charge in [0.25, 0.3) is 0 Å². The summed E-state index contributed by atoms with van der Waals surface area (Å²) in [5, 5.41) is 0. The first-order valence-electron chi connectivity index (χ1n) is 8.59. The van der Waals surface area contributed by atoms with Crippen molar-refractivity contribution in [3.05, 3.63) is 77.9 Å². The SMILES string of the molecule is CN(C(=O)OC(C)(C)C)[C@H](CC=Cc1ccccc1)c1ccccc1. The first-order chi connectivity index (χ1) is 11.9. The Labute approximate surface area is 150 Å². The predicted molar refractivity (Wildman–Crippen MR) is 103 cm³/mol. The third kappa shape index (κ3) is 6.11. The fourth-order valence-corrected chi connectivity index (χ4v) is 2.55. The van der Waals surface area contributed by atoms with Gasteiger partial charge in [-0.15, -0.1) is 0 Å². The smallest absolute Gasteiger partial charge is 0.410 e. The molecule has 0 bridgehead atoms. The molecule has 3 heteroatoms. The largest absolute Gasteiger partial charge is 0.444 e. The molecular formula is C22H27NO2. The fraction of sp³-hybridized carbons (Fsp3) is 0.318. The van der Waals surface area contributed by atoms with Crippen LogP contribution in [0.1, 0.15) is 44.4 Å². The molecule has 0 aliphatic rings. The van der Waals surface area contributed by atoms with E-state index in [4.69, 9.17) is 4.74 Å². The van der Waals surface area contributed by atoms with Crippen LogP contribution in [0.5, 0.6) is 0 Å². The van der Waals surface area contributed by atoms with Crippen LogP contribution in [0.15, 0.2) is 66.7 Å². The Bertz CT molecular complexity index is 687. The van der Waals surface area contributed by atoms with Crippen LogP contribution in [-0.2, 0) is 4.74 Å². The number of amides is 1. The van der Waals surface area contributed by atoms with Gasteiger partial charge in [-0.2, -0.15) is 0 Å². The van der Waals surface area contributed by atoms with E-state index >= 15 is 0 Å². The summed E-state index contributed by atoms with van der Waals surface area (Å²) in [7, 11) is 1.79. The summed E-state index contributed by atoms with van der Waals surface area (Å²) < 4.78 is 5.53. The molecule has 0 saturated heterocycles. The molecule has 1 amide bonds. The number of carbonyl (C=O) groups is 1. The molecule has 132 valence electrons. The molecule has 0 saturated carbocycles. The number of benzene rings is 2. The quantitative estimate of drug-likeness (QED) is 0.700. The molecule has 0 spiro atoms. The molecule has 0 unspecified atom stereocenters. The van der Waals surface area contributed by atoms with E-state index in [0.29, 0.717) is 6.42 Å². The highest BCUT2D eigenvalue weighted by atomic mass is 16.6. The van der Waals surface area contributed by atoms with E-state index in [1.54, 1.807) is 11.9 Å². The summed E-state index contributed by atoms with van der Waals surface area (Å²) in [4.78, 5) is 14.2. The van der Waals surface area contributed by atoms with Gasteiger partial charge in [-0.1, -0.05) is 72.8 Å². The van der Waals surface area contributed by atoms with Crippen molar-refractivity contribution in [3.63, 3.8) is 0 Å². The van der Waals surface area contributed by atoms with Gasteiger partial charge in [0.15, 0.2) is 0 Å². The van der Waals surface area contributed by atoms with Crippen molar-refractivity contribution in [2.75, 3.05) is 7.05 Å². The van der Waals surface area contributed by atoms with Crippen molar-refractivity contribution in [2.24, 2.45) is 0 Å². The van der Waals surface area contributed by atoms with Crippen molar-refractivity contribution in [1.29, 1.82) is 0 Å². The van der Waals surface area contributed by atoms with E-state index in [-0.39, 0.29) is 12.1 Å². The Hall–Kier alpha value is -2.55. The van der Waals surface area contributed by atoms with Gasteiger partial charge in [-0.25, -0.2) is 4.79 Å². The van der Waals surface area contributed by atoms with Crippen LogP contribution in [0.25, 0.3) is 6.08 Å². The normalized spacial score (nSPS) is 12.8. The van der Waals surface area contributed by atoms with Crippen molar-refractivity contribution in [2.45, 2.75) is 38.8 Å². The van der Waals surface area contributed by atoms with Crippen molar-refractivity contribution >= 4 is 12.2 Å². The average molecular weight is 337 g/mol. The standard InChI is InChI=1S/C22H27NO2/c1-22(2,3)25-21(24)23(4)20(19-15-9-6-10-16-19)17-11-14-18-12-7-5-8-13-18/h5-16,20H,17H2,1-4H3/t20-/m1/s1. The van der Waals surface area contributed by atoms with Gasteiger partial charge < -0.3 is 9.64 Å². The van der Waals surface area contributed by atoms with Crippen LogP contribution < -0.4 is 0 Å². The maximum atomic E-state index is 12.5. The fourth-order valence-electron chi connectivity index (χ4n) is 2.55. The van der Waals surface area contributed by atoms with Crippen molar-refractivity contribution < 1.29 is 9.53 Å². The monoisotopic (exact) mass is 337 g/mol. The molecule has 1 atom stereocenters. The number of nitrogens with zero attached hydrogens (tertiary/aromatic N) is 1. The topological polar surface area (TPSA) is 29.5 Å². The van der Waals surface area contributed by atoms with Crippen LogP contribution in [0, 0.1) is 0 Å². The van der Waals surface area contributed by atoms with Gasteiger partial charge >= 0.3 is 6.09 Å². The predicted octanol–water partition coefficient (Wildman–Crippen LogP) is 5.70. The summed E-state index contributed by atoms with van der Waals surface area (Å²) in [5.74, 6) is 0. The number of hydrogen-bond donors (Lipinski definition) is 0. The summed E-state index contributed by atoms with van der Waals surface area (Å²) in [6.45, 7) is 5.64. The lowest BCUT2D eigenvalue weighted by Gasteiger charge is -2.30. The van der Waals surface area contributed by atoms with Gasteiger partial charge in [0, 0.05) is 7.05 Å². The van der Waals surface area contributed by atoms with Gasteiger partial charge in [-0.3, -0.25) is 0 Å². The Morgan fingerprint density at radius 1 is 1.04 bits per heavy atom. The Kier molecular flexibility index (Phi) is 6.40. The van der Waals surface area contributed by atoms with Crippen LogP contribution in [0.3, 0.4) is 0 Å². The summed E-state index contributed by atoms with van der Waals surface area (Å²) in [6, 6.07) is 20.1. The second-order valence-corrected chi connectivity index (χ2v) is 7.07. The third-order valence-electron chi connectivity index (χ3n) is 3.80. The number of hydrogen-bond acceptors (Lipinski definition) is 2. The zero-order valence-corrected chi connectivity index (χ0v) is 15.5. The van der Waals surface area contributed by atoms with Crippen molar-refractivity contribution in [1.82, 2.24) is 4.90 Å². The zero-order valence-electron chi connectivity index (χ0n) is 15.5. The van der Waals surface area contributed by atoms with Crippen LogP contribution in [0.4, 0.5) is 4.79 Å². The molecular weight excluding hydrogens is 310 g/mol. The average Bonchev–Trinajstić information content (AvgIpc) is 2.58. The molecule has 25 heavy (non-hydrogen) atoms. The Morgan fingerprint density at radius 3 is 2.16 bits per heavy atom. The minimum Gasteiger partial charge on any atom is -0.444 e. The zero-order chi connectivity index (χ0) is 18.3. The molecule has 2 aromatic carbocycles. The van der Waals surface area contributed by atoms with Crippen LogP contribution in [-0.4, -0.2) is 23.6 Å². The molecule has 0 aromatic heterocycles. The second-order valence-electron chi connectivity index (χ2n) is 7.07. The molecule has 2 aromatic rings. The van der Waals surface area contributed by atoms with E-state index in [1.165, 1.54) is 0 Å². The van der Waals surface area contributed by atoms with E-state index in [1.807, 2.05) is 69.3 Å². The van der Waals surface area contributed by atoms with E-state index in [2.05, 4.69) is 24.3 Å². The lowest BCUT2D eigenvalue weighted by atomic mass is 10.0. The Morgan fingerprint density at radius 2 is 1.60 bits per heavy atom. The second kappa shape index (κ2) is 8.52. The highest BCUT2D eigenvalue weighted by Crippen LogP contribution is 2.25. The minimum absolute atomic E-state index is 0.0731. The molecule has 0 heterocycles. The molecule has 0 aliphatic carbocycles. The molecule has 0 radical (unpaired) electrons. The molecule has 2 rings (SSSR count). The first kappa shape index (κ1) is 18.8. The van der Waals surface area contributed by atoms with E-state index in [0.717, 1.165) is 11.1 Å². The van der Waals surface area contributed by atoms with Gasteiger partial charge in [0.05, 0.1) is 6.04 Å². The van der Waals surface area contributed by atoms with E-state index in [9.17, 15) is 4.79 Å². The van der Waals surface area contributed by atoms with Crippen LogP contribution in [0.2, 0.25) is 0 Å². The summed E-state index contributed by atoms with van der Waals surface area (Å²) in [5.41, 5.74) is 1.73. The van der Waals surface area contributed by atoms with Gasteiger partial charge in [0.2, 0.25) is 0 Å². The first-order valence-corrected chi connectivity index (χ1v) is 8.59. The number of carbonyl (C=O) groups excluding carboxylic acids is 1. The van der Waals surface area contributed by atoms with Gasteiger partial charge in [0.1, 0.15) is 5.60 Å². The number of ether oxygens (including phenoxy) is 1. The molecule has 0 aliphatic heterocycles. The molecule has 0 N–H and O–H groups in total. The maximum absolute atomic E-state index is 12.5. The lowest BCUT2D eigenvalue weighted by molar-refractivity contribution is 0.0221. The summed E-state index contributed by atoms with van der Waals surface area (Å²) >= 11 is 0. The maximum Gasteiger partial charge on any atom is 0.410 e. The van der Waals surface area contributed by atoms with E-state index < -0.39 is 5.60 Å². The highest BCUT2D eigenvalue weighted by molar-refractivity contribution is 5.68. The summed E-state index contributed by atoms with van der Waals surface area (Å²) in [6.07, 6.45) is 4.59. The Balaban J connectivity index is 2.16. The lowest BCUT2D eigenvalue weighted by Crippen LogP contribution is -2.36. The molecule has 3 nitrogen and oxygen atoms in total. The highest BCUT2D eigenvalue weighted by Gasteiger charge is 2.25. The van der Waals surface area contributed by atoms with Crippen molar-refractivity contribution in [3.8, 4) is 0 Å². The minimum atomic E-state index is -0.507. The third-order valence-corrected chi connectivity index (χ3v) is 3.80. The number of rotatable bonds is 5.